The lowest BCUT2D eigenvalue weighted by Gasteiger charge is -2.11. The molecule has 3 rings (SSSR count). The van der Waals surface area contributed by atoms with Crippen LogP contribution in [0.1, 0.15) is 11.1 Å². The molecule has 0 unspecified atom stereocenters. The molecule has 0 amide bonds. The molecule has 2 nitrogen and oxygen atoms in total. The third-order valence-electron chi connectivity index (χ3n) is 3.66. The maximum Gasteiger partial charge on any atom is 0.127 e. The number of nitrogens with one attached hydrogen (secondary N) is 1. The van der Waals surface area contributed by atoms with Gasteiger partial charge < -0.3 is 10.1 Å². The first-order chi connectivity index (χ1) is 10.7. The molecule has 22 heavy (non-hydrogen) atoms. The van der Waals surface area contributed by atoms with Gasteiger partial charge in [-0.2, -0.15) is 0 Å². The molecule has 0 saturated carbocycles. The monoisotopic (exact) mass is 291 g/mol. The number of rotatable bonds is 5. The molecule has 1 N–H and O–H groups in total. The first kappa shape index (κ1) is 14.5. The molecule has 0 aromatic heterocycles. The molecule has 0 heterocycles. The van der Waals surface area contributed by atoms with Crippen molar-refractivity contribution in [3.05, 3.63) is 71.8 Å². The summed E-state index contributed by atoms with van der Waals surface area (Å²) in [5, 5.41) is 5.79. The van der Waals surface area contributed by atoms with Crippen LogP contribution in [-0.2, 0) is 0 Å². The smallest absolute Gasteiger partial charge is 0.127 e. The van der Waals surface area contributed by atoms with E-state index in [4.69, 9.17) is 4.74 Å². The quantitative estimate of drug-likeness (QED) is 0.672. The standard InChI is InChI=1S/C20H21NO/c1-15-12-16(2)14-18(13-15)21-10-11-22-20-9-5-7-17-6-3-4-8-19(17)20/h3-9,12-14,21H,10-11H2,1-2H3. The number of fused-ring (bicyclic) bond motifs is 1. The molecule has 0 aliphatic rings. The first-order valence-electron chi connectivity index (χ1n) is 7.65. The highest BCUT2D eigenvalue weighted by molar-refractivity contribution is 5.88. The van der Waals surface area contributed by atoms with E-state index in [1.165, 1.54) is 16.5 Å². The van der Waals surface area contributed by atoms with Crippen molar-refractivity contribution in [1.29, 1.82) is 0 Å². The summed E-state index contributed by atoms with van der Waals surface area (Å²) in [5.74, 6) is 0.945. The Morgan fingerprint density at radius 2 is 1.59 bits per heavy atom. The van der Waals surface area contributed by atoms with E-state index < -0.39 is 0 Å². The van der Waals surface area contributed by atoms with Crippen molar-refractivity contribution in [2.75, 3.05) is 18.5 Å². The van der Waals surface area contributed by atoms with Crippen LogP contribution in [0.25, 0.3) is 10.8 Å². The molecule has 112 valence electrons. The van der Waals surface area contributed by atoms with E-state index in [-0.39, 0.29) is 0 Å². The maximum atomic E-state index is 5.94. The first-order valence-corrected chi connectivity index (χ1v) is 7.65. The second-order valence-electron chi connectivity index (χ2n) is 5.63. The van der Waals surface area contributed by atoms with Gasteiger partial charge in [-0.25, -0.2) is 0 Å². The van der Waals surface area contributed by atoms with Crippen molar-refractivity contribution in [2.45, 2.75) is 13.8 Å². The van der Waals surface area contributed by atoms with Gasteiger partial charge in [0, 0.05) is 17.6 Å². The largest absolute Gasteiger partial charge is 0.491 e. The molecule has 0 bridgehead atoms. The number of ether oxygens (including phenoxy) is 1. The van der Waals surface area contributed by atoms with Crippen LogP contribution in [0.15, 0.2) is 60.7 Å². The van der Waals surface area contributed by atoms with Gasteiger partial charge in [-0.15, -0.1) is 0 Å². The Hall–Kier alpha value is -2.48. The second kappa shape index (κ2) is 6.52. The van der Waals surface area contributed by atoms with E-state index in [1.807, 2.05) is 24.3 Å². The molecule has 0 aliphatic carbocycles. The van der Waals surface area contributed by atoms with Crippen LogP contribution in [0.3, 0.4) is 0 Å². The molecule has 0 aliphatic heterocycles. The number of aryl methyl sites for hydroxylation is 2. The zero-order valence-corrected chi connectivity index (χ0v) is 13.1. The van der Waals surface area contributed by atoms with Crippen molar-refractivity contribution in [3.8, 4) is 5.75 Å². The summed E-state index contributed by atoms with van der Waals surface area (Å²) in [6.07, 6.45) is 0. The van der Waals surface area contributed by atoms with Gasteiger partial charge in [0.05, 0.1) is 0 Å². The number of hydrogen-bond acceptors (Lipinski definition) is 2. The minimum absolute atomic E-state index is 0.640. The Bertz CT molecular complexity index is 754. The maximum absolute atomic E-state index is 5.94. The summed E-state index contributed by atoms with van der Waals surface area (Å²) in [7, 11) is 0. The lowest BCUT2D eigenvalue weighted by Crippen LogP contribution is -2.11. The molecule has 2 heteroatoms. The molecule has 0 radical (unpaired) electrons. The third-order valence-corrected chi connectivity index (χ3v) is 3.66. The predicted molar refractivity (Wildman–Crippen MR) is 93.8 cm³/mol. The Morgan fingerprint density at radius 3 is 2.41 bits per heavy atom. The summed E-state index contributed by atoms with van der Waals surface area (Å²) in [5.41, 5.74) is 3.70. The van der Waals surface area contributed by atoms with Gasteiger partial charge >= 0.3 is 0 Å². The second-order valence-corrected chi connectivity index (χ2v) is 5.63. The van der Waals surface area contributed by atoms with Crippen LogP contribution in [0, 0.1) is 13.8 Å². The molecule has 0 atom stereocenters. The van der Waals surface area contributed by atoms with Crippen molar-refractivity contribution in [3.63, 3.8) is 0 Å². The lowest BCUT2D eigenvalue weighted by molar-refractivity contribution is 0.337. The Kier molecular flexibility index (Phi) is 4.29. The van der Waals surface area contributed by atoms with Gasteiger partial charge in [-0.05, 0) is 48.6 Å². The average Bonchev–Trinajstić information content (AvgIpc) is 2.51. The summed E-state index contributed by atoms with van der Waals surface area (Å²) >= 11 is 0. The summed E-state index contributed by atoms with van der Waals surface area (Å²) in [4.78, 5) is 0. The Morgan fingerprint density at radius 1 is 0.864 bits per heavy atom. The summed E-state index contributed by atoms with van der Waals surface area (Å²) < 4.78 is 5.94. The van der Waals surface area contributed by atoms with Crippen LogP contribution in [-0.4, -0.2) is 13.2 Å². The van der Waals surface area contributed by atoms with Crippen molar-refractivity contribution >= 4 is 16.5 Å². The highest BCUT2D eigenvalue weighted by Crippen LogP contribution is 2.25. The van der Waals surface area contributed by atoms with E-state index in [1.54, 1.807) is 0 Å². The van der Waals surface area contributed by atoms with Gasteiger partial charge in [0.25, 0.3) is 0 Å². The minimum atomic E-state index is 0.640. The van der Waals surface area contributed by atoms with E-state index in [9.17, 15) is 0 Å². The van der Waals surface area contributed by atoms with E-state index in [0.717, 1.165) is 23.4 Å². The molecule has 3 aromatic rings. The van der Waals surface area contributed by atoms with E-state index in [0.29, 0.717) is 6.61 Å². The van der Waals surface area contributed by atoms with Gasteiger partial charge in [-0.1, -0.05) is 42.5 Å². The van der Waals surface area contributed by atoms with Crippen molar-refractivity contribution in [2.24, 2.45) is 0 Å². The van der Waals surface area contributed by atoms with Crippen molar-refractivity contribution in [1.82, 2.24) is 0 Å². The summed E-state index contributed by atoms with van der Waals surface area (Å²) in [6.45, 7) is 5.66. The minimum Gasteiger partial charge on any atom is -0.491 e. The van der Waals surface area contributed by atoms with Crippen LogP contribution >= 0.6 is 0 Å². The third kappa shape index (κ3) is 3.40. The number of anilines is 1. The molecule has 0 spiro atoms. The number of benzene rings is 3. The highest BCUT2D eigenvalue weighted by atomic mass is 16.5. The van der Waals surface area contributed by atoms with Crippen LogP contribution < -0.4 is 10.1 Å². The van der Waals surface area contributed by atoms with E-state index in [2.05, 4.69) is 55.6 Å². The van der Waals surface area contributed by atoms with Crippen LogP contribution in [0.4, 0.5) is 5.69 Å². The Labute approximate surface area is 131 Å². The zero-order chi connectivity index (χ0) is 15.4. The van der Waals surface area contributed by atoms with Crippen LogP contribution in [0.5, 0.6) is 5.75 Å². The molecule has 0 saturated heterocycles. The normalized spacial score (nSPS) is 10.6. The Balaban J connectivity index is 1.61. The zero-order valence-electron chi connectivity index (χ0n) is 13.1. The van der Waals surface area contributed by atoms with Crippen molar-refractivity contribution < 1.29 is 4.74 Å². The highest BCUT2D eigenvalue weighted by Gasteiger charge is 2.01. The van der Waals surface area contributed by atoms with E-state index >= 15 is 0 Å². The predicted octanol–water partition coefficient (Wildman–Crippen LogP) is 4.95. The van der Waals surface area contributed by atoms with Gasteiger partial charge in [0.15, 0.2) is 0 Å². The lowest BCUT2D eigenvalue weighted by atomic mass is 10.1. The molecule has 3 aromatic carbocycles. The summed E-state index contributed by atoms with van der Waals surface area (Å²) in [6, 6.07) is 21.0. The topological polar surface area (TPSA) is 21.3 Å². The van der Waals surface area contributed by atoms with Gasteiger partial charge in [-0.3, -0.25) is 0 Å². The molecule has 0 fully saturated rings. The molecular weight excluding hydrogens is 270 g/mol. The fraction of sp³-hybridized carbons (Fsp3) is 0.200. The SMILES string of the molecule is Cc1cc(C)cc(NCCOc2cccc3ccccc23)c1. The fourth-order valence-electron chi connectivity index (χ4n) is 2.75. The average molecular weight is 291 g/mol. The van der Waals surface area contributed by atoms with Crippen LogP contribution in [0.2, 0.25) is 0 Å². The fourth-order valence-corrected chi connectivity index (χ4v) is 2.75. The molecular formula is C20H21NO. The van der Waals surface area contributed by atoms with Gasteiger partial charge in [0.1, 0.15) is 12.4 Å². The number of hydrogen-bond donors (Lipinski definition) is 1. The van der Waals surface area contributed by atoms with Gasteiger partial charge in [0.2, 0.25) is 0 Å².